The summed E-state index contributed by atoms with van der Waals surface area (Å²) in [6.45, 7) is 6.73. The number of carboxylic acids is 3. The van der Waals surface area contributed by atoms with Crippen LogP contribution in [0.2, 0.25) is 0 Å². The van der Waals surface area contributed by atoms with Crippen LogP contribution in [0.3, 0.4) is 0 Å². The molecule has 11 heteroatoms. The monoisotopic (exact) mass is 574 g/mol. The minimum atomic E-state index is -2.74. The number of pyridine rings is 2. The number of hydrogen-bond acceptors (Lipinski definition) is 7. The van der Waals surface area contributed by atoms with Crippen LogP contribution in [-0.2, 0) is 34.0 Å². The van der Waals surface area contributed by atoms with Gasteiger partial charge in [0.15, 0.2) is 5.60 Å². The summed E-state index contributed by atoms with van der Waals surface area (Å²) in [5.74, 6) is -4.06. The van der Waals surface area contributed by atoms with Gasteiger partial charge in [0.2, 0.25) is 0 Å². The van der Waals surface area contributed by atoms with E-state index in [-0.39, 0.29) is 0 Å². The fourth-order valence-electron chi connectivity index (χ4n) is 4.24. The van der Waals surface area contributed by atoms with Gasteiger partial charge < -0.3 is 25.0 Å². The van der Waals surface area contributed by atoms with E-state index in [1.54, 1.807) is 0 Å². The van der Waals surface area contributed by atoms with Gasteiger partial charge in [-0.1, -0.05) is 35.9 Å². The maximum absolute atomic E-state index is 10.3. The average molecular weight is 575 g/mol. The zero-order valence-corrected chi connectivity index (χ0v) is 23.4. The molecule has 0 radical (unpaired) electrons. The van der Waals surface area contributed by atoms with E-state index in [9.17, 15) is 14.4 Å². The Balaban J connectivity index is 0.000000316. The second-order valence-corrected chi connectivity index (χ2v) is 9.97. The highest BCUT2D eigenvalue weighted by Gasteiger charge is 2.40. The summed E-state index contributed by atoms with van der Waals surface area (Å²) in [5.41, 5.74) is 3.38. The summed E-state index contributed by atoms with van der Waals surface area (Å²) in [7, 11) is 0. The lowest BCUT2D eigenvalue weighted by atomic mass is 9.96. The molecule has 0 bridgehead atoms. The number of aryl methyl sites for hydroxylation is 2. The van der Waals surface area contributed by atoms with E-state index in [1.807, 2.05) is 25.4 Å². The van der Waals surface area contributed by atoms with Gasteiger partial charge in [0.25, 0.3) is 0 Å². The number of aromatic nitrogens is 3. The SMILES string of the molecule is Cc1ccc(CN(Cc2ccncc2)Cc2cccn2-c2cccc(C)n2)cc1.O=C(O)CC(O)(CC(=O)O)C(=O)O. The van der Waals surface area contributed by atoms with Crippen molar-refractivity contribution in [1.82, 2.24) is 19.4 Å². The average Bonchev–Trinajstić information content (AvgIpc) is 3.38. The van der Waals surface area contributed by atoms with E-state index in [2.05, 4.69) is 88.2 Å². The molecule has 0 saturated carbocycles. The standard InChI is InChI=1S/C25H26N4.C6H8O7/c1-20-8-10-22(11-9-20)17-28(18-23-12-14-26-15-13-23)19-24-6-4-16-29(24)25-7-3-5-21(2)27-25;7-3(8)1-6(13,5(11)12)2-4(9)10/h3-16H,17-19H2,1-2H3;13H,1-2H2,(H,7,8)(H,9,10)(H,11,12). The normalized spacial score (nSPS) is 11.0. The van der Waals surface area contributed by atoms with E-state index in [0.717, 1.165) is 31.1 Å². The van der Waals surface area contributed by atoms with Crippen molar-refractivity contribution >= 4 is 17.9 Å². The molecule has 0 unspecified atom stereocenters. The molecule has 42 heavy (non-hydrogen) atoms. The van der Waals surface area contributed by atoms with Gasteiger partial charge in [-0.3, -0.25) is 19.5 Å². The minimum absolute atomic E-state index is 0.832. The van der Waals surface area contributed by atoms with Crippen LogP contribution < -0.4 is 0 Å². The largest absolute Gasteiger partial charge is 0.481 e. The van der Waals surface area contributed by atoms with Crippen LogP contribution in [-0.4, -0.2) is 63.4 Å². The second kappa shape index (κ2) is 14.7. The van der Waals surface area contributed by atoms with E-state index in [1.165, 1.54) is 22.4 Å². The Kier molecular flexibility index (Phi) is 11.1. The summed E-state index contributed by atoms with van der Waals surface area (Å²) in [4.78, 5) is 41.8. The van der Waals surface area contributed by atoms with Gasteiger partial charge >= 0.3 is 17.9 Å². The molecule has 11 nitrogen and oxygen atoms in total. The molecule has 220 valence electrons. The van der Waals surface area contributed by atoms with Gasteiger partial charge in [0, 0.05) is 49.6 Å². The molecule has 1 aromatic carbocycles. The Labute approximate surface area is 243 Å². The number of carbonyl (C=O) groups is 3. The van der Waals surface area contributed by atoms with Crippen molar-refractivity contribution < 1.29 is 34.8 Å². The number of rotatable bonds is 12. The van der Waals surface area contributed by atoms with Gasteiger partial charge in [0.05, 0.1) is 12.8 Å². The van der Waals surface area contributed by atoms with Crippen LogP contribution >= 0.6 is 0 Å². The molecule has 0 amide bonds. The molecular formula is C31H34N4O7. The summed E-state index contributed by atoms with van der Waals surface area (Å²) in [6.07, 6.45) is 3.52. The molecule has 3 aromatic heterocycles. The maximum Gasteiger partial charge on any atom is 0.336 e. The van der Waals surface area contributed by atoms with Crippen LogP contribution in [0.1, 0.15) is 40.9 Å². The quantitative estimate of drug-likeness (QED) is 0.195. The topological polar surface area (TPSA) is 166 Å². The van der Waals surface area contributed by atoms with Gasteiger partial charge in [-0.25, -0.2) is 9.78 Å². The van der Waals surface area contributed by atoms with Gasteiger partial charge in [0.1, 0.15) is 5.82 Å². The molecule has 0 aliphatic carbocycles. The van der Waals surface area contributed by atoms with Crippen LogP contribution in [0.4, 0.5) is 0 Å². The lowest BCUT2D eigenvalue weighted by Crippen LogP contribution is -2.42. The fourth-order valence-corrected chi connectivity index (χ4v) is 4.24. The Morgan fingerprint density at radius 3 is 1.93 bits per heavy atom. The molecule has 0 saturated heterocycles. The van der Waals surface area contributed by atoms with E-state index >= 15 is 0 Å². The molecule has 0 aliphatic heterocycles. The van der Waals surface area contributed by atoms with Crippen molar-refractivity contribution in [3.05, 3.63) is 113 Å². The summed E-state index contributed by atoms with van der Waals surface area (Å²) in [5, 5.41) is 33.8. The molecule has 4 N–H and O–H groups in total. The molecular weight excluding hydrogens is 540 g/mol. The Hall–Kier alpha value is -4.87. The van der Waals surface area contributed by atoms with E-state index in [0.29, 0.717) is 0 Å². The first-order chi connectivity index (χ1) is 19.9. The smallest absolute Gasteiger partial charge is 0.336 e. The van der Waals surface area contributed by atoms with Crippen molar-refractivity contribution in [2.45, 2.75) is 51.9 Å². The number of aliphatic hydroxyl groups is 1. The van der Waals surface area contributed by atoms with Crippen LogP contribution in [0.15, 0.2) is 85.3 Å². The molecule has 4 rings (SSSR count). The second-order valence-electron chi connectivity index (χ2n) is 9.97. The third kappa shape index (κ3) is 9.65. The Morgan fingerprint density at radius 2 is 1.38 bits per heavy atom. The lowest BCUT2D eigenvalue weighted by molar-refractivity contribution is -0.170. The molecule has 0 spiro atoms. The molecule has 4 aromatic rings. The first-order valence-electron chi connectivity index (χ1n) is 13.1. The highest BCUT2D eigenvalue weighted by Crippen LogP contribution is 2.18. The molecule has 0 aliphatic rings. The first-order valence-corrected chi connectivity index (χ1v) is 13.1. The number of benzene rings is 1. The minimum Gasteiger partial charge on any atom is -0.481 e. The van der Waals surface area contributed by atoms with Crippen LogP contribution in [0.5, 0.6) is 0 Å². The maximum atomic E-state index is 10.3. The van der Waals surface area contributed by atoms with E-state index in [4.69, 9.17) is 25.4 Å². The molecule has 3 heterocycles. The fraction of sp³-hybridized carbons (Fsp3) is 0.258. The van der Waals surface area contributed by atoms with Gasteiger partial charge in [-0.2, -0.15) is 0 Å². The molecule has 0 fully saturated rings. The van der Waals surface area contributed by atoms with Crippen molar-refractivity contribution in [3.63, 3.8) is 0 Å². The van der Waals surface area contributed by atoms with Crippen LogP contribution in [0.25, 0.3) is 5.82 Å². The third-order valence-corrected chi connectivity index (χ3v) is 6.31. The lowest BCUT2D eigenvalue weighted by Gasteiger charge is -2.23. The summed E-state index contributed by atoms with van der Waals surface area (Å²) >= 11 is 0. The highest BCUT2D eigenvalue weighted by molar-refractivity contribution is 5.88. The zero-order valence-electron chi connectivity index (χ0n) is 23.4. The number of hydrogen-bond donors (Lipinski definition) is 4. The zero-order chi connectivity index (χ0) is 30.7. The number of nitrogens with zero attached hydrogens (tertiary/aromatic N) is 4. The highest BCUT2D eigenvalue weighted by atomic mass is 16.4. The van der Waals surface area contributed by atoms with E-state index < -0.39 is 36.4 Å². The summed E-state index contributed by atoms with van der Waals surface area (Å²) < 4.78 is 2.18. The molecule has 0 atom stereocenters. The van der Waals surface area contributed by atoms with Gasteiger partial charge in [-0.15, -0.1) is 0 Å². The predicted octanol–water partition coefficient (Wildman–Crippen LogP) is 3.84. The Morgan fingerprint density at radius 1 is 0.786 bits per heavy atom. The summed E-state index contributed by atoms with van der Waals surface area (Å²) in [6, 6.07) is 23.4. The first kappa shape index (κ1) is 31.7. The van der Waals surface area contributed by atoms with Gasteiger partial charge in [-0.05, 0) is 61.4 Å². The van der Waals surface area contributed by atoms with Crippen molar-refractivity contribution in [1.29, 1.82) is 0 Å². The van der Waals surface area contributed by atoms with Crippen molar-refractivity contribution in [2.75, 3.05) is 0 Å². The predicted molar refractivity (Wildman–Crippen MR) is 154 cm³/mol. The van der Waals surface area contributed by atoms with Crippen LogP contribution in [0, 0.1) is 13.8 Å². The number of aliphatic carboxylic acids is 3. The van der Waals surface area contributed by atoms with Crippen molar-refractivity contribution in [3.8, 4) is 5.82 Å². The number of carboxylic acid groups (broad SMARTS) is 3. The Bertz CT molecular complexity index is 1470. The van der Waals surface area contributed by atoms with Crippen molar-refractivity contribution in [2.24, 2.45) is 0 Å². The third-order valence-electron chi connectivity index (χ3n) is 6.31.